The lowest BCUT2D eigenvalue weighted by atomic mass is 10.1. The van der Waals surface area contributed by atoms with Gasteiger partial charge < -0.3 is 9.47 Å². The van der Waals surface area contributed by atoms with Crippen molar-refractivity contribution in [3.63, 3.8) is 0 Å². The number of benzene rings is 1. The second-order valence-corrected chi connectivity index (χ2v) is 4.23. The molecule has 0 N–H and O–H groups in total. The second kappa shape index (κ2) is 5.67. The number of hydrogen-bond donors (Lipinski definition) is 0. The van der Waals surface area contributed by atoms with Gasteiger partial charge in [-0.15, -0.1) is 0 Å². The molecule has 4 nitrogen and oxygen atoms in total. The molecule has 1 aliphatic rings. The fourth-order valence-electron chi connectivity index (χ4n) is 2.09. The van der Waals surface area contributed by atoms with E-state index in [1.807, 2.05) is 18.2 Å². The fraction of sp³-hybridized carbons (Fsp3) is 0.429. The van der Waals surface area contributed by atoms with Crippen LogP contribution in [0.3, 0.4) is 0 Å². The summed E-state index contributed by atoms with van der Waals surface area (Å²) in [4.78, 5) is 22.5. The monoisotopic (exact) mass is 248 g/mol. The highest BCUT2D eigenvalue weighted by Gasteiger charge is 2.22. The molecule has 4 heteroatoms. The molecule has 0 amide bonds. The first-order valence-electron chi connectivity index (χ1n) is 6.07. The van der Waals surface area contributed by atoms with Crippen molar-refractivity contribution >= 4 is 11.8 Å². The third-order valence-corrected chi connectivity index (χ3v) is 3.05. The summed E-state index contributed by atoms with van der Waals surface area (Å²) in [5.74, 6) is 0.722. The van der Waals surface area contributed by atoms with Crippen LogP contribution in [0.25, 0.3) is 0 Å². The first-order valence-corrected chi connectivity index (χ1v) is 6.07. The molecule has 1 aromatic carbocycles. The fourth-order valence-corrected chi connectivity index (χ4v) is 2.09. The lowest BCUT2D eigenvalue weighted by molar-refractivity contribution is -0.140. The van der Waals surface area contributed by atoms with Gasteiger partial charge in [0.15, 0.2) is 5.78 Å². The zero-order valence-electron chi connectivity index (χ0n) is 10.4. The quantitative estimate of drug-likeness (QED) is 0.592. The molecule has 0 unspecified atom stereocenters. The van der Waals surface area contributed by atoms with E-state index in [1.165, 1.54) is 7.11 Å². The second-order valence-electron chi connectivity index (χ2n) is 4.23. The number of methoxy groups -OCH3 is 1. The number of Topliss-reactive ketones (excluding diaryl/α,β-unsaturated/α-hetero) is 1. The molecule has 1 aromatic rings. The molecule has 0 fully saturated rings. The van der Waals surface area contributed by atoms with Gasteiger partial charge in [-0.2, -0.15) is 0 Å². The van der Waals surface area contributed by atoms with Gasteiger partial charge in [-0.05, 0) is 18.9 Å². The molecule has 0 heterocycles. The number of ether oxygens (including phenoxy) is 2. The average Bonchev–Trinajstić information content (AvgIpc) is 2.77. The third-order valence-electron chi connectivity index (χ3n) is 3.05. The Bertz CT molecular complexity index is 465. The smallest absolute Gasteiger partial charge is 0.305 e. The van der Waals surface area contributed by atoms with E-state index in [1.54, 1.807) is 0 Å². The maximum absolute atomic E-state index is 11.6. The Balaban J connectivity index is 1.91. The van der Waals surface area contributed by atoms with Crippen LogP contribution in [0.4, 0.5) is 0 Å². The van der Waals surface area contributed by atoms with Gasteiger partial charge in [-0.1, -0.05) is 12.1 Å². The minimum absolute atomic E-state index is 0.185. The largest absolute Gasteiger partial charge is 0.493 e. The molecule has 0 saturated heterocycles. The van der Waals surface area contributed by atoms with Gasteiger partial charge in [0.2, 0.25) is 0 Å². The number of carbonyl (C=O) groups is 2. The van der Waals surface area contributed by atoms with E-state index in [0.717, 1.165) is 23.3 Å². The summed E-state index contributed by atoms with van der Waals surface area (Å²) in [5.41, 5.74) is 1.78. The van der Waals surface area contributed by atoms with Crippen molar-refractivity contribution < 1.29 is 19.1 Å². The molecule has 18 heavy (non-hydrogen) atoms. The maximum atomic E-state index is 11.6. The first-order chi connectivity index (χ1) is 8.72. The van der Waals surface area contributed by atoms with Crippen LogP contribution < -0.4 is 4.74 Å². The van der Waals surface area contributed by atoms with Crippen molar-refractivity contribution in [2.75, 3.05) is 13.7 Å². The predicted octanol–water partition coefficient (Wildman–Crippen LogP) is 2.15. The summed E-state index contributed by atoms with van der Waals surface area (Å²) in [7, 11) is 1.37. The zero-order valence-corrected chi connectivity index (χ0v) is 10.4. The van der Waals surface area contributed by atoms with Crippen molar-refractivity contribution in [3.8, 4) is 5.75 Å². The molecule has 0 aliphatic heterocycles. The topological polar surface area (TPSA) is 52.6 Å². The molecule has 96 valence electrons. The number of esters is 1. The molecule has 0 atom stereocenters. The standard InChI is InChI=1S/C14H16O4/c1-17-14(16)6-3-9-18-13-5-2-4-10-11(13)7-8-12(10)15/h2,4-5H,3,6-9H2,1H3. The van der Waals surface area contributed by atoms with E-state index in [-0.39, 0.29) is 11.8 Å². The molecular formula is C14H16O4. The van der Waals surface area contributed by atoms with E-state index < -0.39 is 0 Å². The van der Waals surface area contributed by atoms with Crippen LogP contribution in [0.2, 0.25) is 0 Å². The van der Waals surface area contributed by atoms with E-state index in [2.05, 4.69) is 4.74 Å². The maximum Gasteiger partial charge on any atom is 0.305 e. The van der Waals surface area contributed by atoms with Crippen molar-refractivity contribution in [3.05, 3.63) is 29.3 Å². The molecule has 0 bridgehead atoms. The SMILES string of the molecule is COC(=O)CCCOc1cccc2c1CCC2=O. The molecule has 1 aliphatic carbocycles. The Morgan fingerprint density at radius 1 is 1.33 bits per heavy atom. The average molecular weight is 248 g/mol. The number of carbonyl (C=O) groups excluding carboxylic acids is 2. The number of rotatable bonds is 5. The highest BCUT2D eigenvalue weighted by molar-refractivity contribution is 6.01. The Morgan fingerprint density at radius 3 is 2.94 bits per heavy atom. The molecule has 0 aromatic heterocycles. The number of ketones is 1. The molecule has 0 spiro atoms. The molecule has 0 radical (unpaired) electrons. The molecular weight excluding hydrogens is 232 g/mol. The number of hydrogen-bond acceptors (Lipinski definition) is 4. The summed E-state index contributed by atoms with van der Waals surface area (Å²) in [6.45, 7) is 0.458. The summed E-state index contributed by atoms with van der Waals surface area (Å²) in [5, 5.41) is 0. The van der Waals surface area contributed by atoms with Gasteiger partial charge in [-0.25, -0.2) is 0 Å². The minimum Gasteiger partial charge on any atom is -0.493 e. The van der Waals surface area contributed by atoms with Crippen molar-refractivity contribution in [2.45, 2.75) is 25.7 Å². The normalized spacial score (nSPS) is 13.3. The van der Waals surface area contributed by atoms with Crippen LogP contribution in [-0.2, 0) is 16.0 Å². The van der Waals surface area contributed by atoms with Crippen LogP contribution in [0.1, 0.15) is 35.2 Å². The Kier molecular flexibility index (Phi) is 3.97. The molecule has 0 saturated carbocycles. The summed E-state index contributed by atoms with van der Waals surface area (Å²) < 4.78 is 10.2. The van der Waals surface area contributed by atoms with E-state index in [0.29, 0.717) is 25.9 Å². The minimum atomic E-state index is -0.230. The summed E-state index contributed by atoms with van der Waals surface area (Å²) in [6.07, 6.45) is 2.29. The highest BCUT2D eigenvalue weighted by atomic mass is 16.5. The van der Waals surface area contributed by atoms with Gasteiger partial charge in [-0.3, -0.25) is 9.59 Å². The van der Waals surface area contributed by atoms with Gasteiger partial charge in [0.1, 0.15) is 5.75 Å². The van der Waals surface area contributed by atoms with E-state index in [4.69, 9.17) is 4.74 Å². The van der Waals surface area contributed by atoms with Crippen molar-refractivity contribution in [2.24, 2.45) is 0 Å². The summed E-state index contributed by atoms with van der Waals surface area (Å²) in [6, 6.07) is 5.54. The molecule has 2 rings (SSSR count). The first kappa shape index (κ1) is 12.6. The zero-order chi connectivity index (χ0) is 13.0. The van der Waals surface area contributed by atoms with Gasteiger partial charge in [0.25, 0.3) is 0 Å². The third kappa shape index (κ3) is 2.70. The van der Waals surface area contributed by atoms with Crippen molar-refractivity contribution in [1.82, 2.24) is 0 Å². The predicted molar refractivity (Wildman–Crippen MR) is 65.8 cm³/mol. The van der Waals surface area contributed by atoms with Crippen molar-refractivity contribution in [1.29, 1.82) is 0 Å². The van der Waals surface area contributed by atoms with E-state index in [9.17, 15) is 9.59 Å². The summed E-state index contributed by atoms with van der Waals surface area (Å²) >= 11 is 0. The van der Waals surface area contributed by atoms with Crippen LogP contribution in [-0.4, -0.2) is 25.5 Å². The van der Waals surface area contributed by atoms with Crippen LogP contribution in [0.15, 0.2) is 18.2 Å². The van der Waals surface area contributed by atoms with Gasteiger partial charge in [0, 0.05) is 24.0 Å². The van der Waals surface area contributed by atoms with E-state index >= 15 is 0 Å². The van der Waals surface area contributed by atoms with Crippen LogP contribution >= 0.6 is 0 Å². The van der Waals surface area contributed by atoms with Crippen LogP contribution in [0.5, 0.6) is 5.75 Å². The Morgan fingerprint density at radius 2 is 2.17 bits per heavy atom. The lowest BCUT2D eigenvalue weighted by Gasteiger charge is -2.09. The van der Waals surface area contributed by atoms with Gasteiger partial charge >= 0.3 is 5.97 Å². The van der Waals surface area contributed by atoms with Gasteiger partial charge in [0.05, 0.1) is 13.7 Å². The Labute approximate surface area is 106 Å². The van der Waals surface area contributed by atoms with Crippen LogP contribution in [0, 0.1) is 0 Å². The number of fused-ring (bicyclic) bond motifs is 1. The highest BCUT2D eigenvalue weighted by Crippen LogP contribution is 2.30. The lowest BCUT2D eigenvalue weighted by Crippen LogP contribution is -2.05. The Hall–Kier alpha value is -1.84.